The normalized spacial score (nSPS) is 15.2. The molecule has 0 bridgehead atoms. The Morgan fingerprint density at radius 3 is 2.46 bits per heavy atom. The van der Waals surface area contributed by atoms with Crippen molar-refractivity contribution in [3.63, 3.8) is 0 Å². The number of alkyl halides is 3. The maximum Gasteiger partial charge on any atom is 0.573 e. The number of halogens is 4. The lowest BCUT2D eigenvalue weighted by Gasteiger charge is -2.28. The number of ether oxygens (including phenoxy) is 1. The molecule has 0 radical (unpaired) electrons. The molecule has 0 saturated carbocycles. The highest BCUT2D eigenvalue weighted by Crippen LogP contribution is 2.35. The van der Waals surface area contributed by atoms with E-state index in [1.165, 1.54) is 35.5 Å². The predicted octanol–water partition coefficient (Wildman–Crippen LogP) is 5.63. The number of benzene rings is 2. The molecule has 0 spiro atoms. The standard InChI is InChI=1S/C25H20ClF3N4O4/c1-24(2)22(35)33(18-6-8-19(9-7-18)37-25(27,28)29)23(36)32(24)14-16-10-11-30-13-20(16)31-21(34)15-4-3-5-17(26)12-15/h3-13H,14H2,1-2H3,(H,31,34). The Kier molecular flexibility index (Phi) is 6.83. The Hall–Kier alpha value is -4.12. The first-order valence-electron chi connectivity index (χ1n) is 10.9. The van der Waals surface area contributed by atoms with Crippen LogP contribution in [-0.2, 0) is 11.3 Å². The van der Waals surface area contributed by atoms with Crippen LogP contribution in [0, 0.1) is 0 Å². The van der Waals surface area contributed by atoms with E-state index in [2.05, 4.69) is 15.0 Å². The largest absolute Gasteiger partial charge is 0.573 e. The third-order valence-corrected chi connectivity index (χ3v) is 5.96. The Bertz CT molecular complexity index is 1360. The minimum absolute atomic E-state index is 0.0585. The van der Waals surface area contributed by atoms with Gasteiger partial charge in [-0.15, -0.1) is 13.2 Å². The number of nitrogens with zero attached hydrogens (tertiary/aromatic N) is 3. The number of imide groups is 1. The van der Waals surface area contributed by atoms with Crippen molar-refractivity contribution >= 4 is 40.8 Å². The highest BCUT2D eigenvalue weighted by Gasteiger charge is 2.52. The fourth-order valence-corrected chi connectivity index (χ4v) is 3.98. The SMILES string of the molecule is CC1(C)C(=O)N(c2ccc(OC(F)(F)F)cc2)C(=O)N1Cc1ccncc1NC(=O)c1cccc(Cl)c1. The van der Waals surface area contributed by atoms with Gasteiger partial charge in [-0.25, -0.2) is 9.69 Å². The van der Waals surface area contributed by atoms with Crippen molar-refractivity contribution in [2.45, 2.75) is 32.3 Å². The lowest BCUT2D eigenvalue weighted by molar-refractivity contribution is -0.274. The topological polar surface area (TPSA) is 91.8 Å². The molecule has 0 aliphatic carbocycles. The Morgan fingerprint density at radius 2 is 1.81 bits per heavy atom. The van der Waals surface area contributed by atoms with Gasteiger partial charge in [0, 0.05) is 16.8 Å². The van der Waals surface area contributed by atoms with Gasteiger partial charge >= 0.3 is 12.4 Å². The van der Waals surface area contributed by atoms with Crippen LogP contribution in [-0.4, -0.2) is 39.6 Å². The molecule has 0 unspecified atom stereocenters. The molecule has 0 atom stereocenters. The highest BCUT2D eigenvalue weighted by molar-refractivity contribution is 6.31. The van der Waals surface area contributed by atoms with Gasteiger partial charge in [0.15, 0.2) is 0 Å². The summed E-state index contributed by atoms with van der Waals surface area (Å²) in [5.74, 6) is -1.49. The average Bonchev–Trinajstić information content (AvgIpc) is 2.99. The van der Waals surface area contributed by atoms with Gasteiger partial charge in [0.2, 0.25) is 0 Å². The summed E-state index contributed by atoms with van der Waals surface area (Å²) in [5, 5.41) is 3.14. The average molecular weight is 533 g/mol. The zero-order valence-corrected chi connectivity index (χ0v) is 20.3. The molecule has 1 saturated heterocycles. The molecule has 8 nitrogen and oxygen atoms in total. The molecule has 1 fully saturated rings. The monoisotopic (exact) mass is 532 g/mol. The summed E-state index contributed by atoms with van der Waals surface area (Å²) in [5.41, 5.74) is -0.0510. The maximum absolute atomic E-state index is 13.3. The van der Waals surface area contributed by atoms with Crippen LogP contribution in [0.15, 0.2) is 67.0 Å². The molecule has 1 aliphatic rings. The first-order valence-corrected chi connectivity index (χ1v) is 11.3. The zero-order valence-electron chi connectivity index (χ0n) is 19.5. The van der Waals surface area contributed by atoms with Crippen molar-refractivity contribution in [2.24, 2.45) is 0 Å². The van der Waals surface area contributed by atoms with E-state index in [-0.39, 0.29) is 12.2 Å². The van der Waals surface area contributed by atoms with E-state index < -0.39 is 35.5 Å². The van der Waals surface area contributed by atoms with Crippen LogP contribution in [0.3, 0.4) is 0 Å². The van der Waals surface area contributed by atoms with Crippen LogP contribution in [0.2, 0.25) is 5.02 Å². The number of nitrogens with one attached hydrogen (secondary N) is 1. The number of carbonyl (C=O) groups is 3. The van der Waals surface area contributed by atoms with Crippen LogP contribution >= 0.6 is 11.6 Å². The van der Waals surface area contributed by atoms with Gasteiger partial charge < -0.3 is 15.0 Å². The number of carbonyl (C=O) groups excluding carboxylic acids is 3. The third-order valence-electron chi connectivity index (χ3n) is 5.73. The quantitative estimate of drug-likeness (QED) is 0.415. The second kappa shape index (κ2) is 9.74. The van der Waals surface area contributed by atoms with Crippen molar-refractivity contribution in [2.75, 3.05) is 10.2 Å². The van der Waals surface area contributed by atoms with E-state index >= 15 is 0 Å². The third kappa shape index (κ3) is 5.51. The minimum atomic E-state index is -4.87. The lowest BCUT2D eigenvalue weighted by atomic mass is 10.0. The molecule has 12 heteroatoms. The van der Waals surface area contributed by atoms with Gasteiger partial charge in [0.05, 0.1) is 24.1 Å². The molecule has 1 N–H and O–H groups in total. The zero-order chi connectivity index (χ0) is 27.0. The molecular formula is C25H20ClF3N4O4. The van der Waals surface area contributed by atoms with Crippen LogP contribution < -0.4 is 15.0 Å². The van der Waals surface area contributed by atoms with E-state index in [0.29, 0.717) is 21.8 Å². The van der Waals surface area contributed by atoms with E-state index in [9.17, 15) is 27.6 Å². The van der Waals surface area contributed by atoms with Gasteiger partial charge in [-0.3, -0.25) is 14.6 Å². The lowest BCUT2D eigenvalue weighted by Crippen LogP contribution is -2.43. The first-order chi connectivity index (χ1) is 17.4. The number of aromatic nitrogens is 1. The summed E-state index contributed by atoms with van der Waals surface area (Å²) in [7, 11) is 0. The molecule has 1 aliphatic heterocycles. The van der Waals surface area contributed by atoms with E-state index in [0.717, 1.165) is 17.0 Å². The summed E-state index contributed by atoms with van der Waals surface area (Å²) < 4.78 is 41.3. The van der Waals surface area contributed by atoms with Gasteiger partial charge in [0.25, 0.3) is 11.8 Å². The summed E-state index contributed by atoms with van der Waals surface area (Å²) in [6.07, 6.45) is -1.97. The van der Waals surface area contributed by atoms with Gasteiger partial charge in [-0.2, -0.15) is 0 Å². The summed E-state index contributed by atoms with van der Waals surface area (Å²) in [6, 6.07) is 11.7. The number of rotatable bonds is 6. The molecule has 192 valence electrons. The first kappa shape index (κ1) is 26.0. The Morgan fingerprint density at radius 1 is 1.11 bits per heavy atom. The van der Waals surface area contributed by atoms with E-state index in [1.807, 2.05) is 0 Å². The van der Waals surface area contributed by atoms with Gasteiger partial charge in [0.1, 0.15) is 11.3 Å². The molecule has 37 heavy (non-hydrogen) atoms. The summed E-state index contributed by atoms with van der Waals surface area (Å²) in [6.45, 7) is 3.05. The maximum atomic E-state index is 13.3. The second-order valence-corrected chi connectivity index (χ2v) is 9.04. The number of anilines is 2. The van der Waals surface area contributed by atoms with Crippen molar-refractivity contribution in [1.82, 2.24) is 9.88 Å². The summed E-state index contributed by atoms with van der Waals surface area (Å²) >= 11 is 5.97. The van der Waals surface area contributed by atoms with Crippen LogP contribution in [0.5, 0.6) is 5.75 Å². The van der Waals surface area contributed by atoms with E-state index in [1.54, 1.807) is 38.1 Å². The van der Waals surface area contributed by atoms with Crippen LogP contribution in [0.1, 0.15) is 29.8 Å². The number of pyridine rings is 1. The van der Waals surface area contributed by atoms with Crippen molar-refractivity contribution < 1.29 is 32.3 Å². The second-order valence-electron chi connectivity index (χ2n) is 8.61. The van der Waals surface area contributed by atoms with E-state index in [4.69, 9.17) is 11.6 Å². The molecule has 1 aromatic heterocycles. The minimum Gasteiger partial charge on any atom is -0.406 e. The van der Waals surface area contributed by atoms with Crippen molar-refractivity contribution in [3.05, 3.63) is 83.1 Å². The fourth-order valence-electron chi connectivity index (χ4n) is 3.79. The van der Waals surface area contributed by atoms with Crippen LogP contribution in [0.4, 0.5) is 29.3 Å². The smallest absolute Gasteiger partial charge is 0.406 e. The fraction of sp³-hybridized carbons (Fsp3) is 0.200. The Labute approximate surface area is 214 Å². The number of urea groups is 1. The number of hydrogen-bond acceptors (Lipinski definition) is 5. The predicted molar refractivity (Wildman–Crippen MR) is 129 cm³/mol. The molecule has 4 rings (SSSR count). The summed E-state index contributed by atoms with van der Waals surface area (Å²) in [4.78, 5) is 45.5. The van der Waals surface area contributed by atoms with Gasteiger partial charge in [-0.1, -0.05) is 17.7 Å². The molecular weight excluding hydrogens is 513 g/mol. The van der Waals surface area contributed by atoms with Crippen molar-refractivity contribution in [3.8, 4) is 5.75 Å². The van der Waals surface area contributed by atoms with Crippen molar-refractivity contribution in [1.29, 1.82) is 0 Å². The molecule has 2 aromatic carbocycles. The molecule has 3 aromatic rings. The number of amides is 4. The molecule has 4 amide bonds. The Balaban J connectivity index is 1.57. The van der Waals surface area contributed by atoms with Crippen LogP contribution in [0.25, 0.3) is 0 Å². The highest BCUT2D eigenvalue weighted by atomic mass is 35.5. The molecule has 2 heterocycles. The van der Waals surface area contributed by atoms with Gasteiger partial charge in [-0.05, 0) is 67.9 Å². The number of hydrogen-bond donors (Lipinski definition) is 1.